The second kappa shape index (κ2) is 6.13. The first-order chi connectivity index (χ1) is 10.6. The van der Waals surface area contributed by atoms with Gasteiger partial charge >= 0.3 is 5.97 Å². The number of nitrogens with zero attached hydrogens (tertiary/aromatic N) is 2. The Morgan fingerprint density at radius 1 is 1.27 bits per heavy atom. The van der Waals surface area contributed by atoms with Crippen molar-refractivity contribution in [2.24, 2.45) is 0 Å². The molecule has 0 aliphatic heterocycles. The molecule has 0 spiro atoms. The van der Waals surface area contributed by atoms with E-state index in [0.717, 1.165) is 29.9 Å². The van der Waals surface area contributed by atoms with Gasteiger partial charge in [0.2, 0.25) is 5.88 Å². The van der Waals surface area contributed by atoms with E-state index in [1.54, 1.807) is 0 Å². The van der Waals surface area contributed by atoms with Gasteiger partial charge in [-0.2, -0.15) is 4.98 Å². The summed E-state index contributed by atoms with van der Waals surface area (Å²) in [5, 5.41) is 0. The molecule has 0 atom stereocenters. The summed E-state index contributed by atoms with van der Waals surface area (Å²) >= 11 is 0. The van der Waals surface area contributed by atoms with Crippen LogP contribution in [0.1, 0.15) is 35.8 Å². The third-order valence-corrected chi connectivity index (χ3v) is 3.49. The number of methoxy groups -OCH3 is 1. The van der Waals surface area contributed by atoms with Gasteiger partial charge in [-0.25, -0.2) is 4.98 Å². The molecule has 0 amide bonds. The number of hydrogen-bond donors (Lipinski definition) is 0. The van der Waals surface area contributed by atoms with Gasteiger partial charge in [-0.05, 0) is 37.5 Å². The summed E-state index contributed by atoms with van der Waals surface area (Å²) < 4.78 is 10.5. The van der Waals surface area contributed by atoms with Crippen LogP contribution in [0.5, 0.6) is 11.6 Å². The molecule has 114 valence electrons. The van der Waals surface area contributed by atoms with Crippen molar-refractivity contribution in [1.29, 1.82) is 0 Å². The van der Waals surface area contributed by atoms with Crippen LogP contribution in [0.25, 0.3) is 0 Å². The van der Waals surface area contributed by atoms with E-state index in [1.165, 1.54) is 7.11 Å². The van der Waals surface area contributed by atoms with Crippen LogP contribution in [0, 0.1) is 6.92 Å². The van der Waals surface area contributed by atoms with Crippen molar-refractivity contribution in [1.82, 2.24) is 9.97 Å². The molecule has 1 aromatic carbocycles. The van der Waals surface area contributed by atoms with E-state index in [4.69, 9.17) is 4.74 Å². The second-order valence-corrected chi connectivity index (χ2v) is 5.48. The largest absolute Gasteiger partial charge is 0.469 e. The summed E-state index contributed by atoms with van der Waals surface area (Å²) in [7, 11) is 1.38. The van der Waals surface area contributed by atoms with E-state index < -0.39 is 0 Å². The third-order valence-electron chi connectivity index (χ3n) is 3.49. The van der Waals surface area contributed by atoms with Crippen LogP contribution in [-0.2, 0) is 16.0 Å². The van der Waals surface area contributed by atoms with Crippen LogP contribution in [-0.4, -0.2) is 23.0 Å². The van der Waals surface area contributed by atoms with E-state index in [1.807, 2.05) is 37.3 Å². The zero-order valence-electron chi connectivity index (χ0n) is 12.7. The molecule has 0 saturated heterocycles. The van der Waals surface area contributed by atoms with Crippen molar-refractivity contribution in [3.63, 3.8) is 0 Å². The van der Waals surface area contributed by atoms with Crippen molar-refractivity contribution in [3.8, 4) is 11.6 Å². The molecular weight excluding hydrogens is 280 g/mol. The zero-order chi connectivity index (χ0) is 15.5. The van der Waals surface area contributed by atoms with Crippen LogP contribution in [0.15, 0.2) is 30.3 Å². The lowest BCUT2D eigenvalue weighted by molar-refractivity contribution is -0.139. The summed E-state index contributed by atoms with van der Waals surface area (Å²) in [5.41, 5.74) is 1.75. The first-order valence-corrected chi connectivity index (χ1v) is 7.33. The molecule has 0 radical (unpaired) electrons. The number of carbonyl (C=O) groups excluding carboxylic acids is 1. The standard InChI is InChI=1S/C17H18N2O3/c1-11-8-15(19-17(18-11)13-6-7-13)22-14-5-3-4-12(9-14)10-16(20)21-2/h3-5,8-9,13H,6-7,10H2,1-2H3. The molecule has 1 heterocycles. The third kappa shape index (κ3) is 3.61. The molecule has 1 aliphatic carbocycles. The zero-order valence-corrected chi connectivity index (χ0v) is 12.7. The summed E-state index contributed by atoms with van der Waals surface area (Å²) in [6, 6.07) is 9.20. The highest BCUT2D eigenvalue weighted by Crippen LogP contribution is 2.38. The van der Waals surface area contributed by atoms with E-state index in [9.17, 15) is 4.79 Å². The predicted molar refractivity (Wildman–Crippen MR) is 81.0 cm³/mol. The lowest BCUT2D eigenvalue weighted by Crippen LogP contribution is -2.04. The van der Waals surface area contributed by atoms with Crippen molar-refractivity contribution in [3.05, 3.63) is 47.4 Å². The normalized spacial score (nSPS) is 13.7. The molecule has 2 aromatic rings. The van der Waals surface area contributed by atoms with Gasteiger partial charge < -0.3 is 9.47 Å². The first-order valence-electron chi connectivity index (χ1n) is 7.33. The molecule has 1 saturated carbocycles. The van der Waals surface area contributed by atoms with Crippen LogP contribution in [0.2, 0.25) is 0 Å². The number of rotatable bonds is 5. The predicted octanol–water partition coefficient (Wildman–Crippen LogP) is 3.17. The molecule has 3 rings (SSSR count). The molecule has 0 bridgehead atoms. The number of aromatic nitrogens is 2. The van der Waals surface area contributed by atoms with Crippen molar-refractivity contribution in [2.75, 3.05) is 7.11 Å². The summed E-state index contributed by atoms with van der Waals surface area (Å²) in [6.07, 6.45) is 2.53. The lowest BCUT2D eigenvalue weighted by atomic mass is 10.1. The smallest absolute Gasteiger partial charge is 0.309 e. The summed E-state index contributed by atoms with van der Waals surface area (Å²) in [5.74, 6) is 2.27. The molecule has 5 heteroatoms. The van der Waals surface area contributed by atoms with Crippen molar-refractivity contribution < 1.29 is 14.3 Å². The average Bonchev–Trinajstić information content (AvgIpc) is 3.31. The molecule has 0 unspecified atom stereocenters. The van der Waals surface area contributed by atoms with E-state index in [0.29, 0.717) is 17.5 Å². The van der Waals surface area contributed by atoms with Gasteiger partial charge in [0.05, 0.1) is 13.5 Å². The number of carbonyl (C=O) groups is 1. The van der Waals surface area contributed by atoms with Gasteiger partial charge in [-0.3, -0.25) is 4.79 Å². The maximum atomic E-state index is 11.3. The maximum absolute atomic E-state index is 11.3. The van der Waals surface area contributed by atoms with Gasteiger partial charge in [0.15, 0.2) is 0 Å². The van der Waals surface area contributed by atoms with Crippen molar-refractivity contribution in [2.45, 2.75) is 32.1 Å². The monoisotopic (exact) mass is 298 g/mol. The minimum Gasteiger partial charge on any atom is -0.469 e. The maximum Gasteiger partial charge on any atom is 0.309 e. The molecule has 1 fully saturated rings. The molecular formula is C17H18N2O3. The Hall–Kier alpha value is -2.43. The van der Waals surface area contributed by atoms with Gasteiger partial charge in [0, 0.05) is 17.7 Å². The van der Waals surface area contributed by atoms with Crippen molar-refractivity contribution >= 4 is 5.97 Å². The Balaban J connectivity index is 1.78. The minimum atomic E-state index is -0.272. The highest BCUT2D eigenvalue weighted by Gasteiger charge is 2.27. The van der Waals surface area contributed by atoms with Crippen LogP contribution >= 0.6 is 0 Å². The SMILES string of the molecule is COC(=O)Cc1cccc(Oc2cc(C)nc(C3CC3)n2)c1. The molecule has 1 aromatic heterocycles. The summed E-state index contributed by atoms with van der Waals surface area (Å²) in [6.45, 7) is 1.94. The Labute approximate surface area is 129 Å². The quantitative estimate of drug-likeness (QED) is 0.793. The van der Waals surface area contributed by atoms with Crippen LogP contribution in [0.3, 0.4) is 0 Å². The topological polar surface area (TPSA) is 61.3 Å². The average molecular weight is 298 g/mol. The van der Waals surface area contributed by atoms with Gasteiger partial charge in [-0.15, -0.1) is 0 Å². The number of benzene rings is 1. The Morgan fingerprint density at radius 3 is 2.82 bits per heavy atom. The number of esters is 1. The van der Waals surface area contributed by atoms with E-state index in [2.05, 4.69) is 14.7 Å². The molecule has 0 N–H and O–H groups in total. The summed E-state index contributed by atoms with van der Waals surface area (Å²) in [4.78, 5) is 20.3. The fourth-order valence-electron chi connectivity index (χ4n) is 2.22. The number of aryl methyl sites for hydroxylation is 1. The van der Waals surface area contributed by atoms with Crippen LogP contribution in [0.4, 0.5) is 0 Å². The van der Waals surface area contributed by atoms with Gasteiger partial charge in [0.1, 0.15) is 11.6 Å². The first kappa shape index (κ1) is 14.5. The van der Waals surface area contributed by atoms with E-state index >= 15 is 0 Å². The van der Waals surface area contributed by atoms with Gasteiger partial charge in [-0.1, -0.05) is 12.1 Å². The fourth-order valence-corrected chi connectivity index (χ4v) is 2.22. The Bertz CT molecular complexity index is 696. The molecule has 1 aliphatic rings. The molecule has 22 heavy (non-hydrogen) atoms. The molecule has 5 nitrogen and oxygen atoms in total. The highest BCUT2D eigenvalue weighted by molar-refractivity contribution is 5.72. The number of ether oxygens (including phenoxy) is 2. The number of hydrogen-bond acceptors (Lipinski definition) is 5. The fraction of sp³-hybridized carbons (Fsp3) is 0.353. The Morgan fingerprint density at radius 2 is 2.09 bits per heavy atom. The van der Waals surface area contributed by atoms with E-state index in [-0.39, 0.29) is 12.4 Å². The van der Waals surface area contributed by atoms with Crippen LogP contribution < -0.4 is 4.74 Å². The Kier molecular flexibility index (Phi) is 4.04. The van der Waals surface area contributed by atoms with Gasteiger partial charge in [0.25, 0.3) is 0 Å². The minimum absolute atomic E-state index is 0.226. The lowest BCUT2D eigenvalue weighted by Gasteiger charge is -2.08. The second-order valence-electron chi connectivity index (χ2n) is 5.48. The highest BCUT2D eigenvalue weighted by atomic mass is 16.5.